The molecule has 1 aromatic carbocycles. The summed E-state index contributed by atoms with van der Waals surface area (Å²) >= 11 is 0.952. The quantitative estimate of drug-likeness (QED) is 0.622. The van der Waals surface area contributed by atoms with Crippen molar-refractivity contribution in [2.75, 3.05) is 6.61 Å². The molecule has 0 N–H and O–H groups in total. The van der Waals surface area contributed by atoms with Crippen LogP contribution in [0.1, 0.15) is 19.8 Å². The van der Waals surface area contributed by atoms with Gasteiger partial charge in [0.25, 0.3) is 5.56 Å². The molecule has 0 aliphatic heterocycles. The third-order valence-electron chi connectivity index (χ3n) is 2.83. The van der Waals surface area contributed by atoms with Gasteiger partial charge in [-0.1, -0.05) is 36.8 Å². The zero-order chi connectivity index (χ0) is 14.5. The van der Waals surface area contributed by atoms with E-state index in [1.165, 1.54) is 0 Å². The first-order chi connectivity index (χ1) is 9.63. The van der Waals surface area contributed by atoms with E-state index in [4.69, 9.17) is 4.74 Å². The number of hydrogen-bond acceptors (Lipinski definition) is 5. The Labute approximate surface area is 119 Å². The Kier molecular flexibility index (Phi) is 4.68. The second kappa shape index (κ2) is 6.47. The molecule has 0 saturated heterocycles. The molecule has 0 fully saturated rings. The molecule has 0 spiro atoms. The highest BCUT2D eigenvalue weighted by atomic mass is 32.1. The van der Waals surface area contributed by atoms with Gasteiger partial charge in [-0.3, -0.25) is 19.0 Å². The minimum absolute atomic E-state index is 0.315. The zero-order valence-electron chi connectivity index (χ0n) is 11.1. The van der Waals surface area contributed by atoms with Crippen molar-refractivity contribution in [1.82, 2.24) is 4.57 Å². The maximum absolute atomic E-state index is 12.2. The molecule has 1 aromatic heterocycles. The Morgan fingerprint density at radius 1 is 1.30 bits per heavy atom. The molecule has 0 aliphatic carbocycles. The van der Waals surface area contributed by atoms with Crippen LogP contribution in [-0.4, -0.2) is 17.1 Å². The Morgan fingerprint density at radius 2 is 2.05 bits per heavy atom. The fraction of sp³-hybridized carbons (Fsp3) is 0.357. The number of hydrogen-bond donors (Lipinski definition) is 0. The molecule has 0 saturated carbocycles. The van der Waals surface area contributed by atoms with Crippen molar-refractivity contribution in [2.45, 2.75) is 26.3 Å². The highest BCUT2D eigenvalue weighted by Crippen LogP contribution is 2.10. The van der Waals surface area contributed by atoms with Gasteiger partial charge < -0.3 is 4.74 Å². The van der Waals surface area contributed by atoms with E-state index in [0.717, 1.165) is 28.7 Å². The first-order valence-electron chi connectivity index (χ1n) is 6.41. The lowest BCUT2D eigenvalue weighted by Crippen LogP contribution is -2.34. The van der Waals surface area contributed by atoms with Crippen LogP contribution >= 0.6 is 11.3 Å². The van der Waals surface area contributed by atoms with Gasteiger partial charge in [0, 0.05) is 4.70 Å². The number of unbranched alkanes of at least 4 members (excludes halogenated alkanes) is 1. The molecule has 6 heteroatoms. The van der Waals surface area contributed by atoms with Gasteiger partial charge in [-0.25, -0.2) is 0 Å². The van der Waals surface area contributed by atoms with Crippen molar-refractivity contribution < 1.29 is 9.53 Å². The number of carbonyl (C=O) groups is 1. The molecule has 106 valence electrons. The Hall–Kier alpha value is -1.95. The van der Waals surface area contributed by atoms with Crippen LogP contribution in [0.5, 0.6) is 0 Å². The SMILES string of the molecule is CCCCOC(=O)Cn1c(=O)sc2ccccc2c1=O. The summed E-state index contributed by atoms with van der Waals surface area (Å²) < 4.78 is 6.53. The average molecular weight is 293 g/mol. The van der Waals surface area contributed by atoms with Crippen LogP contribution in [0.25, 0.3) is 10.1 Å². The standard InChI is InChI=1S/C14H15NO4S/c1-2-3-8-19-12(16)9-15-13(17)10-6-4-5-7-11(10)20-14(15)18/h4-7H,2-3,8-9H2,1H3. The van der Waals surface area contributed by atoms with Gasteiger partial charge in [0.05, 0.1) is 12.0 Å². The molecular weight excluding hydrogens is 278 g/mol. The molecule has 0 unspecified atom stereocenters. The maximum atomic E-state index is 12.2. The zero-order valence-corrected chi connectivity index (χ0v) is 11.9. The summed E-state index contributed by atoms with van der Waals surface area (Å²) in [4.78, 5) is 35.2. The predicted molar refractivity (Wildman–Crippen MR) is 78.2 cm³/mol. The second-order valence-electron chi connectivity index (χ2n) is 4.33. The van der Waals surface area contributed by atoms with E-state index >= 15 is 0 Å². The molecule has 5 nitrogen and oxygen atoms in total. The van der Waals surface area contributed by atoms with Gasteiger partial charge in [-0.15, -0.1) is 0 Å². The normalized spacial score (nSPS) is 10.7. The number of carbonyl (C=O) groups excluding carboxylic acids is 1. The van der Waals surface area contributed by atoms with Crippen molar-refractivity contribution in [2.24, 2.45) is 0 Å². The number of ether oxygens (including phenoxy) is 1. The summed E-state index contributed by atoms with van der Waals surface area (Å²) in [6.07, 6.45) is 1.68. The van der Waals surface area contributed by atoms with E-state index in [9.17, 15) is 14.4 Å². The number of fused-ring (bicyclic) bond motifs is 1. The van der Waals surface area contributed by atoms with E-state index in [1.54, 1.807) is 24.3 Å². The number of nitrogens with zero attached hydrogens (tertiary/aromatic N) is 1. The summed E-state index contributed by atoms with van der Waals surface area (Å²) in [5.41, 5.74) is -0.447. The molecule has 0 radical (unpaired) electrons. The van der Waals surface area contributed by atoms with E-state index in [0.29, 0.717) is 16.7 Å². The first-order valence-corrected chi connectivity index (χ1v) is 7.23. The van der Waals surface area contributed by atoms with Crippen LogP contribution in [-0.2, 0) is 16.1 Å². The van der Waals surface area contributed by atoms with Gasteiger partial charge in [-0.2, -0.15) is 0 Å². The first kappa shape index (κ1) is 14.5. The third kappa shape index (κ3) is 3.14. The van der Waals surface area contributed by atoms with E-state index < -0.39 is 16.4 Å². The average Bonchev–Trinajstić information content (AvgIpc) is 2.44. The number of esters is 1. The highest BCUT2D eigenvalue weighted by Gasteiger charge is 2.12. The molecular formula is C14H15NO4S. The molecule has 20 heavy (non-hydrogen) atoms. The van der Waals surface area contributed by atoms with Crippen LogP contribution in [0.2, 0.25) is 0 Å². The maximum Gasteiger partial charge on any atom is 0.326 e. The molecule has 2 rings (SSSR count). The Balaban J connectivity index is 2.28. The highest BCUT2D eigenvalue weighted by molar-refractivity contribution is 7.16. The van der Waals surface area contributed by atoms with E-state index in [2.05, 4.69) is 0 Å². The summed E-state index contributed by atoms with van der Waals surface area (Å²) in [5, 5.41) is 0.443. The monoisotopic (exact) mass is 293 g/mol. The summed E-state index contributed by atoms with van der Waals surface area (Å²) in [6.45, 7) is 1.97. The molecule has 1 heterocycles. The largest absolute Gasteiger partial charge is 0.464 e. The van der Waals surface area contributed by atoms with Crippen LogP contribution in [0.15, 0.2) is 33.9 Å². The summed E-state index contributed by atoms with van der Waals surface area (Å²) in [5.74, 6) is -0.555. The third-order valence-corrected chi connectivity index (χ3v) is 3.80. The topological polar surface area (TPSA) is 65.4 Å². The molecule has 2 aromatic rings. The van der Waals surface area contributed by atoms with Crippen LogP contribution in [0.4, 0.5) is 0 Å². The van der Waals surface area contributed by atoms with E-state index in [1.807, 2.05) is 6.92 Å². The van der Waals surface area contributed by atoms with Gasteiger partial charge in [0.15, 0.2) is 0 Å². The van der Waals surface area contributed by atoms with Crippen molar-refractivity contribution in [3.05, 3.63) is 44.3 Å². The Morgan fingerprint density at radius 3 is 2.80 bits per heavy atom. The van der Waals surface area contributed by atoms with Crippen LogP contribution in [0.3, 0.4) is 0 Å². The van der Waals surface area contributed by atoms with Gasteiger partial charge >= 0.3 is 10.8 Å². The second-order valence-corrected chi connectivity index (χ2v) is 5.32. The molecule has 0 aliphatic rings. The minimum Gasteiger partial charge on any atom is -0.464 e. The van der Waals surface area contributed by atoms with Crippen molar-refractivity contribution in [1.29, 1.82) is 0 Å². The minimum atomic E-state index is -0.555. The van der Waals surface area contributed by atoms with Gasteiger partial charge in [0.1, 0.15) is 6.54 Å². The fourth-order valence-electron chi connectivity index (χ4n) is 1.75. The lowest BCUT2D eigenvalue weighted by molar-refractivity contribution is -0.144. The lowest BCUT2D eigenvalue weighted by atomic mass is 10.3. The van der Waals surface area contributed by atoms with Crippen LogP contribution in [0, 0.1) is 0 Å². The van der Waals surface area contributed by atoms with Crippen molar-refractivity contribution in [3.63, 3.8) is 0 Å². The van der Waals surface area contributed by atoms with E-state index in [-0.39, 0.29) is 6.54 Å². The fourth-order valence-corrected chi connectivity index (χ4v) is 2.61. The number of aromatic nitrogens is 1. The summed E-state index contributed by atoms with van der Waals surface area (Å²) in [6, 6.07) is 6.85. The molecule has 0 bridgehead atoms. The summed E-state index contributed by atoms with van der Waals surface area (Å²) in [7, 11) is 0. The molecule has 0 amide bonds. The number of rotatable bonds is 5. The van der Waals surface area contributed by atoms with Crippen LogP contribution < -0.4 is 10.4 Å². The lowest BCUT2D eigenvalue weighted by Gasteiger charge is -2.06. The number of benzene rings is 1. The smallest absolute Gasteiger partial charge is 0.326 e. The molecule has 0 atom stereocenters. The van der Waals surface area contributed by atoms with Gasteiger partial charge in [0.2, 0.25) is 0 Å². The van der Waals surface area contributed by atoms with Gasteiger partial charge in [-0.05, 0) is 18.6 Å². The predicted octanol–water partition coefficient (Wildman–Crippen LogP) is 1.77. The van der Waals surface area contributed by atoms with Crippen molar-refractivity contribution in [3.8, 4) is 0 Å². The van der Waals surface area contributed by atoms with Crippen molar-refractivity contribution >= 4 is 27.4 Å². The Bertz CT molecular complexity index is 732.